The number of aryl methyl sites for hydroxylation is 2. The summed E-state index contributed by atoms with van der Waals surface area (Å²) in [4.78, 5) is 47.1. The molecule has 3 aliphatic heterocycles. The molecule has 4 atom stereocenters. The van der Waals surface area contributed by atoms with Crippen LogP contribution in [0.2, 0.25) is 0 Å². The molecule has 10 rings (SSSR count). The van der Waals surface area contributed by atoms with Crippen molar-refractivity contribution < 1.29 is 28.6 Å². The first kappa shape index (κ1) is 45.6. The van der Waals surface area contributed by atoms with E-state index in [0.717, 1.165) is 57.2 Å². The number of piperidine rings is 1. The number of nitrogens with zero attached hydrogens (tertiary/aromatic N) is 11. The molecule has 67 heavy (non-hydrogen) atoms. The number of carbonyl (C=O) groups is 3. The number of pyridine rings is 2. The summed E-state index contributed by atoms with van der Waals surface area (Å²) in [5, 5.41) is 25.9. The Labute approximate surface area is 389 Å². The average molecular weight is 918 g/mol. The summed E-state index contributed by atoms with van der Waals surface area (Å²) in [6, 6.07) is 4.61. The van der Waals surface area contributed by atoms with Crippen LogP contribution in [-0.4, -0.2) is 116 Å². The van der Waals surface area contributed by atoms with Crippen molar-refractivity contribution in [3.05, 3.63) is 49.3 Å². The number of carbonyl (C=O) groups excluding carboxylic acids is 3. The largest absolute Gasteiger partial charge is 0.474 e. The van der Waals surface area contributed by atoms with E-state index in [1.807, 2.05) is 96.5 Å². The monoisotopic (exact) mass is 918 g/mol. The van der Waals surface area contributed by atoms with E-state index < -0.39 is 5.60 Å². The number of nitrogens with one attached hydrogen (secondary N) is 2. The topological polar surface area (TPSA) is 203 Å². The highest BCUT2D eigenvalue weighted by Crippen LogP contribution is 2.35. The van der Waals surface area contributed by atoms with Gasteiger partial charge in [-0.2, -0.15) is 20.4 Å². The Bertz CT molecular complexity index is 2730. The van der Waals surface area contributed by atoms with Gasteiger partial charge in [0, 0.05) is 101 Å². The van der Waals surface area contributed by atoms with Crippen LogP contribution in [0.25, 0.3) is 44.3 Å². The number of hydrogen-bond acceptors (Lipinski definition) is 12. The fourth-order valence-corrected chi connectivity index (χ4v) is 9.48. The van der Waals surface area contributed by atoms with E-state index in [-0.39, 0.29) is 48.0 Å². The number of likely N-dealkylation sites (tertiary alicyclic amines) is 1. The second-order valence-corrected chi connectivity index (χ2v) is 19.7. The predicted octanol–water partition coefficient (Wildman–Crippen LogP) is 6.55. The second-order valence-electron chi connectivity index (χ2n) is 19.7. The third-order valence-electron chi connectivity index (χ3n) is 13.3. The van der Waals surface area contributed by atoms with Gasteiger partial charge in [0.05, 0.1) is 57.7 Å². The summed E-state index contributed by atoms with van der Waals surface area (Å²) in [6.45, 7) is 12.1. The van der Waals surface area contributed by atoms with Gasteiger partial charge in [0.15, 0.2) is 0 Å². The summed E-state index contributed by atoms with van der Waals surface area (Å²) < 4.78 is 25.7. The summed E-state index contributed by atoms with van der Waals surface area (Å²) in [7, 11) is 3.77. The molecule has 0 bridgehead atoms. The van der Waals surface area contributed by atoms with Crippen LogP contribution in [0.15, 0.2) is 49.3 Å². The molecule has 2 N–H and O–H groups in total. The lowest BCUT2D eigenvalue weighted by molar-refractivity contribution is -0.120. The third-order valence-corrected chi connectivity index (χ3v) is 13.3. The summed E-state index contributed by atoms with van der Waals surface area (Å²) >= 11 is 0. The number of hydrogen-bond donors (Lipinski definition) is 2. The maximum absolute atomic E-state index is 12.4. The van der Waals surface area contributed by atoms with Gasteiger partial charge in [-0.3, -0.25) is 28.3 Å². The minimum absolute atomic E-state index is 0.0537. The van der Waals surface area contributed by atoms with Crippen molar-refractivity contribution in [1.29, 1.82) is 0 Å². The fourth-order valence-electron chi connectivity index (χ4n) is 9.48. The first-order chi connectivity index (χ1) is 32.1. The normalized spacial score (nSPS) is 20.4. The van der Waals surface area contributed by atoms with Crippen LogP contribution in [0.1, 0.15) is 104 Å². The second kappa shape index (κ2) is 19.0. The van der Waals surface area contributed by atoms with E-state index in [9.17, 15) is 14.4 Å². The lowest BCUT2D eigenvalue weighted by Crippen LogP contribution is -2.42. The number of aromatic nitrogens is 10. The minimum Gasteiger partial charge on any atom is -0.474 e. The molecule has 19 nitrogen and oxygen atoms in total. The molecular formula is C48H63N13O6. The molecule has 1 aliphatic carbocycles. The molecule has 9 heterocycles. The van der Waals surface area contributed by atoms with Crippen molar-refractivity contribution in [2.75, 3.05) is 26.2 Å². The molecule has 0 aromatic carbocycles. The van der Waals surface area contributed by atoms with Gasteiger partial charge in [0.25, 0.3) is 0 Å². The number of amides is 3. The van der Waals surface area contributed by atoms with E-state index in [4.69, 9.17) is 24.2 Å². The van der Waals surface area contributed by atoms with Crippen molar-refractivity contribution in [2.24, 2.45) is 25.9 Å². The van der Waals surface area contributed by atoms with Crippen LogP contribution >= 0.6 is 0 Å². The van der Waals surface area contributed by atoms with Crippen molar-refractivity contribution in [2.45, 2.75) is 122 Å². The Morgan fingerprint density at radius 1 is 0.687 bits per heavy atom. The Morgan fingerprint density at radius 3 is 1.58 bits per heavy atom. The molecule has 1 saturated carbocycles. The SMILES string of the molecule is C[C@@H](Oc1nc(-c2cnn(C3CCCCC3)c2)cc2nn(C)cc12)[C@H]1CNC(=O)C1.C[C@@H](Oc1nc(-c2cnn(C3CCN(C(=O)OC(C)(C)C)CC3)c2)cc2nn(C)cc12)[C@H]1CNC(=O)C1. The molecule has 19 heteroatoms. The van der Waals surface area contributed by atoms with E-state index in [0.29, 0.717) is 56.8 Å². The molecule has 6 aromatic heterocycles. The van der Waals surface area contributed by atoms with E-state index in [1.54, 1.807) is 14.3 Å². The number of ether oxygens (including phenoxy) is 3. The Hall–Kier alpha value is -6.53. The Morgan fingerprint density at radius 2 is 1.15 bits per heavy atom. The van der Waals surface area contributed by atoms with Crippen LogP contribution in [-0.2, 0) is 28.4 Å². The zero-order valence-corrected chi connectivity index (χ0v) is 39.6. The standard InChI is InChI=1S/C26H35N7O4.C22H28N6O2/c1-16(17-10-23(34)27-12-17)36-24-20-15-31(5)30-22(20)11-21(29-24)18-13-28-33(14-18)19-6-8-32(9-7-19)25(35)37-26(2,3)4;1-14(15-8-21(29)23-10-15)30-22-18-13-27(2)26-20(18)9-19(25-22)16-11-24-28(12-16)17-6-4-3-5-7-17/h11,13-17,19H,6-10,12H2,1-5H3,(H,27,34);9,11-15,17H,3-8,10H2,1-2H3,(H,23,29)/t16-,17-;14-,15-/m11/s1. The van der Waals surface area contributed by atoms with Gasteiger partial charge < -0.3 is 29.7 Å². The number of rotatable bonds is 10. The molecule has 356 valence electrons. The number of fused-ring (bicyclic) bond motifs is 2. The maximum Gasteiger partial charge on any atom is 0.410 e. The molecule has 0 radical (unpaired) electrons. The lowest BCUT2D eigenvalue weighted by Gasteiger charge is -2.33. The van der Waals surface area contributed by atoms with Gasteiger partial charge in [-0.25, -0.2) is 14.8 Å². The first-order valence-corrected chi connectivity index (χ1v) is 23.7. The molecule has 6 aromatic rings. The molecular weight excluding hydrogens is 855 g/mol. The molecule has 3 saturated heterocycles. The molecule has 4 aliphatic rings. The third kappa shape index (κ3) is 10.5. The van der Waals surface area contributed by atoms with Crippen molar-refractivity contribution in [3.8, 4) is 34.3 Å². The van der Waals surface area contributed by atoms with Gasteiger partial charge in [0.1, 0.15) is 17.8 Å². The van der Waals surface area contributed by atoms with Crippen LogP contribution in [0.4, 0.5) is 4.79 Å². The van der Waals surface area contributed by atoms with Crippen LogP contribution in [0, 0.1) is 11.8 Å². The highest BCUT2D eigenvalue weighted by atomic mass is 16.6. The zero-order valence-electron chi connectivity index (χ0n) is 39.6. The Balaban J connectivity index is 0.000000171. The smallest absolute Gasteiger partial charge is 0.410 e. The Kier molecular flexibility index (Phi) is 12.9. The van der Waals surface area contributed by atoms with Gasteiger partial charge in [-0.15, -0.1) is 0 Å². The molecule has 0 spiro atoms. The van der Waals surface area contributed by atoms with Gasteiger partial charge in [0.2, 0.25) is 23.6 Å². The summed E-state index contributed by atoms with van der Waals surface area (Å²) in [5.74, 6) is 1.44. The van der Waals surface area contributed by atoms with E-state index in [1.165, 1.54) is 32.1 Å². The van der Waals surface area contributed by atoms with Crippen molar-refractivity contribution in [1.82, 2.24) is 64.6 Å². The van der Waals surface area contributed by atoms with E-state index >= 15 is 0 Å². The molecule has 4 fully saturated rings. The summed E-state index contributed by atoms with van der Waals surface area (Å²) in [6.07, 6.45) is 19.8. The van der Waals surface area contributed by atoms with Gasteiger partial charge >= 0.3 is 6.09 Å². The quantitative estimate of drug-likeness (QED) is 0.150. The van der Waals surface area contributed by atoms with Crippen LogP contribution in [0.5, 0.6) is 11.8 Å². The van der Waals surface area contributed by atoms with Crippen LogP contribution in [0.3, 0.4) is 0 Å². The fraction of sp³-hybridized carbons (Fsp3) is 0.562. The highest BCUT2D eigenvalue weighted by molar-refractivity contribution is 5.88. The molecule has 0 unspecified atom stereocenters. The van der Waals surface area contributed by atoms with Crippen molar-refractivity contribution >= 4 is 39.7 Å². The highest BCUT2D eigenvalue weighted by Gasteiger charge is 2.32. The van der Waals surface area contributed by atoms with Crippen LogP contribution < -0.4 is 20.1 Å². The zero-order chi connectivity index (χ0) is 47.0. The van der Waals surface area contributed by atoms with E-state index in [2.05, 4.69) is 41.9 Å². The predicted molar refractivity (Wildman–Crippen MR) is 250 cm³/mol. The molecule has 3 amide bonds. The van der Waals surface area contributed by atoms with Crippen molar-refractivity contribution in [3.63, 3.8) is 0 Å². The summed E-state index contributed by atoms with van der Waals surface area (Å²) in [5.41, 5.74) is 4.51. The minimum atomic E-state index is -0.502. The van der Waals surface area contributed by atoms with Gasteiger partial charge in [-0.05, 0) is 72.4 Å². The lowest BCUT2D eigenvalue weighted by atomic mass is 9.96. The first-order valence-electron chi connectivity index (χ1n) is 23.7. The maximum atomic E-state index is 12.4. The average Bonchev–Trinajstić information content (AvgIpc) is 4.16. The van der Waals surface area contributed by atoms with Gasteiger partial charge in [-0.1, -0.05) is 19.3 Å².